The molecule has 0 bridgehead atoms. The Balaban J connectivity index is 1.61. The average Bonchev–Trinajstić information content (AvgIpc) is 3.07. The molecule has 0 saturated heterocycles. The summed E-state index contributed by atoms with van der Waals surface area (Å²) in [5, 5.41) is 3.94. The fourth-order valence-electron chi connectivity index (χ4n) is 2.74. The smallest absolute Gasteiger partial charge is 0.228 e. The molecule has 0 aliphatic rings. The number of nitrogens with zero attached hydrogens (tertiary/aromatic N) is 1. The molecule has 4 aromatic rings. The summed E-state index contributed by atoms with van der Waals surface area (Å²) in [5.41, 5.74) is 3.72. The molecule has 3 nitrogen and oxygen atoms in total. The minimum Gasteiger partial charge on any atom is -0.325 e. The van der Waals surface area contributed by atoms with Crippen LogP contribution in [0.25, 0.3) is 20.8 Å². The molecule has 0 atom stereocenters. The number of carbonyl (C=O) groups excluding carboxylic acids is 1. The van der Waals surface area contributed by atoms with Gasteiger partial charge in [-0.1, -0.05) is 54.6 Å². The van der Waals surface area contributed by atoms with Crippen LogP contribution in [0.3, 0.4) is 0 Å². The Morgan fingerprint density at radius 1 is 0.880 bits per heavy atom. The first kappa shape index (κ1) is 15.5. The lowest BCUT2D eigenvalue weighted by molar-refractivity contribution is -0.115. The van der Waals surface area contributed by atoms with Gasteiger partial charge in [0.15, 0.2) is 0 Å². The molecule has 0 saturated carbocycles. The van der Waals surface area contributed by atoms with Crippen LogP contribution in [0, 0.1) is 0 Å². The fourth-order valence-corrected chi connectivity index (χ4v) is 3.75. The molecule has 0 aliphatic heterocycles. The van der Waals surface area contributed by atoms with Crippen molar-refractivity contribution < 1.29 is 4.79 Å². The number of nitrogens with one attached hydrogen (secondary N) is 1. The van der Waals surface area contributed by atoms with E-state index in [4.69, 9.17) is 4.98 Å². The van der Waals surface area contributed by atoms with E-state index >= 15 is 0 Å². The number of carbonyl (C=O) groups is 1. The van der Waals surface area contributed by atoms with Gasteiger partial charge in [0.25, 0.3) is 0 Å². The summed E-state index contributed by atoms with van der Waals surface area (Å²) >= 11 is 1.63. The third-order valence-corrected chi connectivity index (χ3v) is 5.00. The minimum absolute atomic E-state index is 0.0280. The third-order valence-electron chi connectivity index (χ3n) is 3.93. The highest BCUT2D eigenvalue weighted by molar-refractivity contribution is 7.21. The van der Waals surface area contributed by atoms with Gasteiger partial charge in [-0.15, -0.1) is 11.3 Å². The maximum absolute atomic E-state index is 12.4. The van der Waals surface area contributed by atoms with Crippen molar-refractivity contribution in [2.45, 2.75) is 6.42 Å². The van der Waals surface area contributed by atoms with Gasteiger partial charge in [0.1, 0.15) is 5.01 Å². The summed E-state index contributed by atoms with van der Waals surface area (Å²) in [7, 11) is 0. The van der Waals surface area contributed by atoms with Gasteiger partial charge in [-0.05, 0) is 29.8 Å². The molecule has 0 fully saturated rings. The third kappa shape index (κ3) is 3.44. The van der Waals surface area contributed by atoms with Crippen LogP contribution < -0.4 is 5.32 Å². The zero-order chi connectivity index (χ0) is 17.1. The van der Waals surface area contributed by atoms with Crippen molar-refractivity contribution in [3.05, 3.63) is 84.4 Å². The van der Waals surface area contributed by atoms with Gasteiger partial charge in [0.2, 0.25) is 5.91 Å². The number of para-hydroxylation sites is 2. The van der Waals surface area contributed by atoms with Crippen LogP contribution in [0.2, 0.25) is 0 Å². The Morgan fingerprint density at radius 3 is 2.44 bits per heavy atom. The van der Waals surface area contributed by atoms with E-state index < -0.39 is 0 Å². The number of benzene rings is 3. The predicted octanol–water partition coefficient (Wildman–Crippen LogP) is 5.14. The summed E-state index contributed by atoms with van der Waals surface area (Å²) in [5.74, 6) is -0.0280. The lowest BCUT2D eigenvalue weighted by Gasteiger charge is -2.09. The van der Waals surface area contributed by atoms with Crippen molar-refractivity contribution in [1.29, 1.82) is 0 Å². The lowest BCUT2D eigenvalue weighted by Crippen LogP contribution is -2.14. The number of fused-ring (bicyclic) bond motifs is 1. The second-order valence-electron chi connectivity index (χ2n) is 5.74. The topological polar surface area (TPSA) is 42.0 Å². The van der Waals surface area contributed by atoms with Crippen LogP contribution in [0.5, 0.6) is 0 Å². The highest BCUT2D eigenvalue weighted by Crippen LogP contribution is 2.34. The Bertz CT molecular complexity index is 991. The monoisotopic (exact) mass is 344 g/mol. The molecule has 4 rings (SSSR count). The molecule has 122 valence electrons. The summed E-state index contributed by atoms with van der Waals surface area (Å²) in [6.07, 6.45) is 0.356. The zero-order valence-electron chi connectivity index (χ0n) is 13.5. The number of anilines is 1. The average molecular weight is 344 g/mol. The predicted molar refractivity (Wildman–Crippen MR) is 104 cm³/mol. The van der Waals surface area contributed by atoms with Crippen molar-refractivity contribution in [2.24, 2.45) is 0 Å². The van der Waals surface area contributed by atoms with E-state index in [9.17, 15) is 4.79 Å². The SMILES string of the molecule is O=C(Cc1ccccc1)Nc1ccccc1-c1nc2ccccc2s1. The van der Waals surface area contributed by atoms with Crippen LogP contribution in [0.1, 0.15) is 5.56 Å². The molecule has 1 aromatic heterocycles. The molecular weight excluding hydrogens is 328 g/mol. The second-order valence-corrected chi connectivity index (χ2v) is 6.77. The summed E-state index contributed by atoms with van der Waals surface area (Å²) < 4.78 is 1.14. The molecule has 1 N–H and O–H groups in total. The van der Waals surface area contributed by atoms with E-state index in [0.717, 1.165) is 32.0 Å². The Labute approximate surface area is 150 Å². The van der Waals surface area contributed by atoms with Crippen molar-refractivity contribution in [2.75, 3.05) is 5.32 Å². The summed E-state index contributed by atoms with van der Waals surface area (Å²) in [4.78, 5) is 17.1. The Kier molecular flexibility index (Phi) is 4.27. The molecule has 1 heterocycles. The first-order chi connectivity index (χ1) is 12.3. The van der Waals surface area contributed by atoms with Gasteiger partial charge >= 0.3 is 0 Å². The maximum atomic E-state index is 12.4. The number of amides is 1. The molecular formula is C21H16N2OS. The molecule has 0 spiro atoms. The van der Waals surface area contributed by atoms with Gasteiger partial charge in [-0.3, -0.25) is 4.79 Å². The van der Waals surface area contributed by atoms with E-state index in [1.165, 1.54) is 0 Å². The van der Waals surface area contributed by atoms with Crippen LogP contribution >= 0.6 is 11.3 Å². The first-order valence-electron chi connectivity index (χ1n) is 8.08. The lowest BCUT2D eigenvalue weighted by atomic mass is 10.1. The Hall–Kier alpha value is -2.98. The van der Waals surface area contributed by atoms with E-state index in [0.29, 0.717) is 6.42 Å². The van der Waals surface area contributed by atoms with Gasteiger partial charge < -0.3 is 5.32 Å². The minimum atomic E-state index is -0.0280. The molecule has 0 aliphatic carbocycles. The highest BCUT2D eigenvalue weighted by Gasteiger charge is 2.12. The summed E-state index contributed by atoms with van der Waals surface area (Å²) in [6.45, 7) is 0. The number of hydrogen-bond acceptors (Lipinski definition) is 3. The van der Waals surface area contributed by atoms with Crippen molar-refractivity contribution in [3.63, 3.8) is 0 Å². The molecule has 0 unspecified atom stereocenters. The zero-order valence-corrected chi connectivity index (χ0v) is 14.3. The molecule has 4 heteroatoms. The molecule has 25 heavy (non-hydrogen) atoms. The number of thiazole rings is 1. The van der Waals surface area contributed by atoms with Gasteiger partial charge in [0, 0.05) is 5.56 Å². The standard InChI is InChI=1S/C21H16N2OS/c24-20(14-15-8-2-1-3-9-15)22-17-11-5-4-10-16(17)21-23-18-12-6-7-13-19(18)25-21/h1-13H,14H2,(H,22,24). The van der Waals surface area contributed by atoms with Crippen LogP contribution in [-0.4, -0.2) is 10.9 Å². The van der Waals surface area contributed by atoms with E-state index in [1.807, 2.05) is 72.8 Å². The highest BCUT2D eigenvalue weighted by atomic mass is 32.1. The number of aromatic nitrogens is 1. The normalized spacial score (nSPS) is 10.7. The van der Waals surface area contributed by atoms with Gasteiger partial charge in [-0.25, -0.2) is 4.98 Å². The van der Waals surface area contributed by atoms with Crippen molar-refractivity contribution in [1.82, 2.24) is 4.98 Å². The maximum Gasteiger partial charge on any atom is 0.228 e. The first-order valence-corrected chi connectivity index (χ1v) is 8.90. The van der Waals surface area contributed by atoms with Gasteiger partial charge in [0.05, 0.1) is 22.3 Å². The van der Waals surface area contributed by atoms with Crippen LogP contribution in [0.4, 0.5) is 5.69 Å². The van der Waals surface area contributed by atoms with Crippen molar-refractivity contribution >= 4 is 33.1 Å². The fraction of sp³-hybridized carbons (Fsp3) is 0.0476. The largest absolute Gasteiger partial charge is 0.325 e. The quantitative estimate of drug-likeness (QED) is 0.557. The van der Waals surface area contributed by atoms with Gasteiger partial charge in [-0.2, -0.15) is 0 Å². The van der Waals surface area contributed by atoms with Crippen LogP contribution in [-0.2, 0) is 11.2 Å². The second kappa shape index (κ2) is 6.87. The van der Waals surface area contributed by atoms with Crippen LogP contribution in [0.15, 0.2) is 78.9 Å². The number of rotatable bonds is 4. The van der Waals surface area contributed by atoms with E-state index in [1.54, 1.807) is 11.3 Å². The molecule has 0 radical (unpaired) electrons. The number of hydrogen-bond donors (Lipinski definition) is 1. The Morgan fingerprint density at radius 2 is 1.60 bits per heavy atom. The molecule has 3 aromatic carbocycles. The molecule has 1 amide bonds. The van der Waals surface area contributed by atoms with E-state index in [-0.39, 0.29) is 5.91 Å². The summed E-state index contributed by atoms with van der Waals surface area (Å²) in [6, 6.07) is 25.6. The van der Waals surface area contributed by atoms with E-state index in [2.05, 4.69) is 11.4 Å². The van der Waals surface area contributed by atoms with Crippen molar-refractivity contribution in [3.8, 4) is 10.6 Å².